The van der Waals surface area contributed by atoms with E-state index >= 15 is 0 Å². The number of anilines is 1. The van der Waals surface area contributed by atoms with Crippen LogP contribution in [0.3, 0.4) is 0 Å². The van der Waals surface area contributed by atoms with E-state index in [1.54, 1.807) is 45.3 Å². The van der Waals surface area contributed by atoms with E-state index in [1.807, 2.05) is 6.07 Å². The van der Waals surface area contributed by atoms with Gasteiger partial charge in [0.25, 0.3) is 0 Å². The fourth-order valence-corrected chi connectivity index (χ4v) is 2.95. The molecule has 6 nitrogen and oxygen atoms in total. The Morgan fingerprint density at radius 2 is 2.05 bits per heavy atom. The van der Waals surface area contributed by atoms with Gasteiger partial charge in [0, 0.05) is 26.1 Å². The predicted octanol–water partition coefficient (Wildman–Crippen LogP) is 1.59. The minimum absolute atomic E-state index is 0.180. The Balaban J connectivity index is 2.29. The average molecular weight is 309 g/mol. The molecule has 0 aliphatic rings. The molecule has 0 amide bonds. The predicted molar refractivity (Wildman–Crippen MR) is 82.9 cm³/mol. The Hall–Kier alpha value is -1.70. The molecule has 0 saturated carbocycles. The van der Waals surface area contributed by atoms with Crippen molar-refractivity contribution in [1.82, 2.24) is 9.71 Å². The Morgan fingerprint density at radius 1 is 1.29 bits per heavy atom. The summed E-state index contributed by atoms with van der Waals surface area (Å²) in [4.78, 5) is 4.58. The molecule has 1 atom stereocenters. The number of nitrogens with zero attached hydrogens (tertiary/aromatic N) is 1. The molecule has 0 bridgehead atoms. The Kier molecular flexibility index (Phi) is 4.76. The number of hydrogen-bond donors (Lipinski definition) is 2. The third-order valence-corrected chi connectivity index (χ3v) is 4.61. The van der Waals surface area contributed by atoms with Gasteiger partial charge in [-0.15, -0.1) is 0 Å². The van der Waals surface area contributed by atoms with Crippen LogP contribution in [-0.4, -0.2) is 40.2 Å². The second-order valence-corrected chi connectivity index (χ2v) is 6.47. The number of aromatic nitrogens is 1. The lowest BCUT2D eigenvalue weighted by molar-refractivity contribution is 0.122. The molecule has 7 heteroatoms. The van der Waals surface area contributed by atoms with Gasteiger partial charge in [-0.1, -0.05) is 0 Å². The number of fused-ring (bicyclic) bond motifs is 1. The molecular formula is C14H19N3O3S. The quantitative estimate of drug-likeness (QED) is 0.847. The molecule has 0 fully saturated rings. The number of sulfonamides is 1. The van der Waals surface area contributed by atoms with E-state index in [9.17, 15) is 8.42 Å². The minimum atomic E-state index is -3.55. The summed E-state index contributed by atoms with van der Waals surface area (Å²) in [5, 5.41) is 3.72. The normalized spacial score (nSPS) is 13.3. The number of methoxy groups -OCH3 is 1. The molecule has 2 rings (SSSR count). The van der Waals surface area contributed by atoms with Gasteiger partial charge in [0.15, 0.2) is 0 Å². The van der Waals surface area contributed by atoms with Crippen LogP contribution in [0.2, 0.25) is 0 Å². The minimum Gasteiger partial charge on any atom is -0.380 e. The summed E-state index contributed by atoms with van der Waals surface area (Å²) in [6.07, 6.45) is -0.180. The number of pyridine rings is 1. The van der Waals surface area contributed by atoms with Crippen LogP contribution in [0.1, 0.15) is 6.92 Å². The first-order valence-electron chi connectivity index (χ1n) is 6.57. The van der Waals surface area contributed by atoms with Crippen molar-refractivity contribution in [3.05, 3.63) is 30.3 Å². The van der Waals surface area contributed by atoms with Crippen molar-refractivity contribution >= 4 is 26.7 Å². The zero-order chi connectivity index (χ0) is 15.5. The molecule has 0 radical (unpaired) electrons. The van der Waals surface area contributed by atoms with Crippen LogP contribution in [0, 0.1) is 0 Å². The molecule has 1 heterocycles. The lowest BCUT2D eigenvalue weighted by Gasteiger charge is -2.12. The van der Waals surface area contributed by atoms with E-state index in [0.717, 1.165) is 16.7 Å². The van der Waals surface area contributed by atoms with Crippen LogP contribution in [0.25, 0.3) is 10.9 Å². The van der Waals surface area contributed by atoms with Gasteiger partial charge in [-0.05, 0) is 37.3 Å². The van der Waals surface area contributed by atoms with Crippen molar-refractivity contribution in [1.29, 1.82) is 0 Å². The van der Waals surface area contributed by atoms with Gasteiger partial charge in [0.2, 0.25) is 10.0 Å². The standard InChI is InChI=1S/C14H19N3O3S/c1-10(20-3)9-16-21(18,19)12-5-6-13-11(8-12)4-7-14(15-2)17-13/h4-8,10,16H,9H2,1-3H3,(H,15,17). The molecule has 21 heavy (non-hydrogen) atoms. The first-order valence-corrected chi connectivity index (χ1v) is 8.05. The highest BCUT2D eigenvalue weighted by Gasteiger charge is 2.15. The highest BCUT2D eigenvalue weighted by atomic mass is 32.2. The van der Waals surface area contributed by atoms with Crippen molar-refractivity contribution in [2.24, 2.45) is 0 Å². The van der Waals surface area contributed by atoms with E-state index < -0.39 is 10.0 Å². The van der Waals surface area contributed by atoms with Crippen molar-refractivity contribution < 1.29 is 13.2 Å². The lowest BCUT2D eigenvalue weighted by atomic mass is 10.2. The van der Waals surface area contributed by atoms with E-state index in [0.29, 0.717) is 0 Å². The fourth-order valence-electron chi connectivity index (χ4n) is 1.80. The first-order chi connectivity index (χ1) is 9.96. The highest BCUT2D eigenvalue weighted by molar-refractivity contribution is 7.89. The van der Waals surface area contributed by atoms with E-state index in [2.05, 4.69) is 15.0 Å². The third-order valence-electron chi connectivity index (χ3n) is 3.19. The van der Waals surface area contributed by atoms with Crippen LogP contribution in [-0.2, 0) is 14.8 Å². The molecular weight excluding hydrogens is 290 g/mol. The Morgan fingerprint density at radius 3 is 2.71 bits per heavy atom. The average Bonchev–Trinajstić information content (AvgIpc) is 2.51. The second kappa shape index (κ2) is 6.38. The van der Waals surface area contributed by atoms with E-state index in [-0.39, 0.29) is 17.5 Å². The van der Waals surface area contributed by atoms with Crippen molar-refractivity contribution in [2.45, 2.75) is 17.9 Å². The van der Waals surface area contributed by atoms with Gasteiger partial charge in [-0.3, -0.25) is 0 Å². The van der Waals surface area contributed by atoms with Crippen LogP contribution < -0.4 is 10.0 Å². The number of nitrogens with one attached hydrogen (secondary N) is 2. The van der Waals surface area contributed by atoms with Crippen molar-refractivity contribution in [2.75, 3.05) is 26.0 Å². The van der Waals surface area contributed by atoms with Crippen LogP contribution in [0.5, 0.6) is 0 Å². The van der Waals surface area contributed by atoms with Gasteiger partial charge in [0.05, 0.1) is 16.5 Å². The molecule has 114 valence electrons. The van der Waals surface area contributed by atoms with E-state index in [1.165, 1.54) is 0 Å². The molecule has 1 aromatic carbocycles. The molecule has 2 aromatic rings. The number of benzene rings is 1. The summed E-state index contributed by atoms with van der Waals surface area (Å²) in [7, 11) is -0.219. The molecule has 1 aromatic heterocycles. The zero-order valence-corrected chi connectivity index (χ0v) is 13.1. The molecule has 0 aliphatic heterocycles. The third kappa shape index (κ3) is 3.69. The van der Waals surface area contributed by atoms with E-state index in [4.69, 9.17) is 4.74 Å². The van der Waals surface area contributed by atoms with Gasteiger partial charge in [-0.2, -0.15) is 0 Å². The topological polar surface area (TPSA) is 80.3 Å². The van der Waals surface area contributed by atoms with Crippen LogP contribution in [0.4, 0.5) is 5.82 Å². The van der Waals surface area contributed by atoms with Crippen molar-refractivity contribution in [3.8, 4) is 0 Å². The highest BCUT2D eigenvalue weighted by Crippen LogP contribution is 2.19. The van der Waals surface area contributed by atoms with Gasteiger partial charge in [0.1, 0.15) is 5.82 Å². The van der Waals surface area contributed by atoms with Crippen LogP contribution in [0.15, 0.2) is 35.2 Å². The largest absolute Gasteiger partial charge is 0.380 e. The zero-order valence-electron chi connectivity index (χ0n) is 12.3. The summed E-state index contributed by atoms with van der Waals surface area (Å²) >= 11 is 0. The Labute approximate surface area is 124 Å². The molecule has 0 aliphatic carbocycles. The van der Waals surface area contributed by atoms with Gasteiger partial charge in [-0.25, -0.2) is 18.1 Å². The summed E-state index contributed by atoms with van der Waals surface area (Å²) in [5.41, 5.74) is 0.742. The number of rotatable bonds is 6. The molecule has 0 saturated heterocycles. The summed E-state index contributed by atoms with van der Waals surface area (Å²) < 4.78 is 32.0. The molecule has 1 unspecified atom stereocenters. The summed E-state index contributed by atoms with van der Waals surface area (Å²) in [6, 6.07) is 8.50. The van der Waals surface area contributed by atoms with Crippen molar-refractivity contribution in [3.63, 3.8) is 0 Å². The Bertz CT molecular complexity index is 731. The van der Waals surface area contributed by atoms with Gasteiger partial charge < -0.3 is 10.1 Å². The smallest absolute Gasteiger partial charge is 0.240 e. The number of ether oxygens (including phenoxy) is 1. The van der Waals surface area contributed by atoms with Crippen LogP contribution >= 0.6 is 0 Å². The second-order valence-electron chi connectivity index (χ2n) is 4.70. The SMILES string of the molecule is CNc1ccc2cc(S(=O)(=O)NCC(C)OC)ccc2n1. The molecule has 2 N–H and O–H groups in total. The maximum Gasteiger partial charge on any atom is 0.240 e. The monoisotopic (exact) mass is 309 g/mol. The fraction of sp³-hybridized carbons (Fsp3) is 0.357. The lowest BCUT2D eigenvalue weighted by Crippen LogP contribution is -2.31. The molecule has 0 spiro atoms. The maximum absolute atomic E-state index is 12.2. The first kappa shape index (κ1) is 15.7. The maximum atomic E-state index is 12.2. The van der Waals surface area contributed by atoms with Gasteiger partial charge >= 0.3 is 0 Å². The number of hydrogen-bond acceptors (Lipinski definition) is 5. The summed E-state index contributed by atoms with van der Waals surface area (Å²) in [5.74, 6) is 0.741. The summed E-state index contributed by atoms with van der Waals surface area (Å²) in [6.45, 7) is 2.03.